The van der Waals surface area contributed by atoms with Gasteiger partial charge in [0.25, 0.3) is 21.8 Å². The average molecular weight is 535 g/mol. The lowest BCUT2D eigenvalue weighted by Gasteiger charge is -2.36. The lowest BCUT2D eigenvalue weighted by Crippen LogP contribution is -2.54. The molecule has 0 spiro atoms. The number of piperidine rings is 1. The highest BCUT2D eigenvalue weighted by molar-refractivity contribution is 7.90. The minimum atomic E-state index is -4.17. The monoisotopic (exact) mass is 534 g/mol. The van der Waals surface area contributed by atoms with Crippen molar-refractivity contribution in [1.82, 2.24) is 14.5 Å². The van der Waals surface area contributed by atoms with Crippen LogP contribution in [0.5, 0.6) is 0 Å². The number of benzene rings is 3. The average Bonchev–Trinajstić information content (AvgIpc) is 3.35. The van der Waals surface area contributed by atoms with Gasteiger partial charge in [0.15, 0.2) is 0 Å². The van der Waals surface area contributed by atoms with Crippen LogP contribution in [-0.2, 0) is 14.8 Å². The normalized spacial score (nSPS) is 18.9. The molecule has 2 aliphatic rings. The van der Waals surface area contributed by atoms with Gasteiger partial charge in [-0.2, -0.15) is 0 Å². The van der Waals surface area contributed by atoms with Crippen LogP contribution in [0.2, 0.25) is 0 Å². The fourth-order valence-electron chi connectivity index (χ4n) is 5.63. The molecule has 0 bridgehead atoms. The number of carbonyl (C=O) groups excluding carboxylic acids is 2. The number of likely N-dealkylation sites (tertiary alicyclic amines) is 1. The van der Waals surface area contributed by atoms with Crippen LogP contribution in [0.1, 0.15) is 41.6 Å². The first-order chi connectivity index (χ1) is 18.3. The van der Waals surface area contributed by atoms with Gasteiger partial charge >= 0.3 is 0 Å². The van der Waals surface area contributed by atoms with Gasteiger partial charge in [-0.25, -0.2) is 12.7 Å². The van der Waals surface area contributed by atoms with Gasteiger partial charge < -0.3 is 10.6 Å². The lowest BCUT2D eigenvalue weighted by atomic mass is 10.1. The molecular formula is C29H34N4O4S. The molecule has 3 aromatic rings. The van der Waals surface area contributed by atoms with Crippen LogP contribution in [0.15, 0.2) is 65.6 Å². The third-order valence-corrected chi connectivity index (χ3v) is 9.63. The van der Waals surface area contributed by atoms with Crippen LogP contribution in [-0.4, -0.2) is 68.2 Å². The first kappa shape index (κ1) is 26.3. The second-order valence-corrected chi connectivity index (χ2v) is 12.0. The van der Waals surface area contributed by atoms with Gasteiger partial charge in [0.2, 0.25) is 0 Å². The summed E-state index contributed by atoms with van der Waals surface area (Å²) in [6, 6.07) is 16.7. The van der Waals surface area contributed by atoms with Crippen molar-refractivity contribution in [3.05, 3.63) is 71.8 Å². The van der Waals surface area contributed by atoms with Crippen molar-refractivity contribution in [2.24, 2.45) is 0 Å². The molecule has 0 radical (unpaired) electrons. The van der Waals surface area contributed by atoms with Crippen molar-refractivity contribution in [3.63, 3.8) is 0 Å². The number of hydrogen-bond acceptors (Lipinski definition) is 6. The highest BCUT2D eigenvalue weighted by Gasteiger charge is 2.42. The number of fused-ring (bicyclic) bond motifs is 1. The molecule has 200 valence electrons. The van der Waals surface area contributed by atoms with E-state index in [2.05, 4.69) is 10.6 Å². The Kier molecular flexibility index (Phi) is 7.52. The van der Waals surface area contributed by atoms with E-state index in [1.807, 2.05) is 43.1 Å². The van der Waals surface area contributed by atoms with Crippen LogP contribution in [0.3, 0.4) is 0 Å². The standard InChI is InChI=1S/C29H34N4O4S/c1-20-8-3-4-9-22(20)28(34)31-25-13-14-27(24-11-6-5-10-23(24)25)38(36,37)33(21-15-17-30-18-16-21)29(35)26-12-7-19-32(26)2/h3-6,8-11,13-14,21,26,30H,7,12,15-19H2,1-2H3,(H,31,34). The summed E-state index contributed by atoms with van der Waals surface area (Å²) in [4.78, 5) is 28.9. The number of nitrogens with zero attached hydrogens (tertiary/aromatic N) is 2. The molecule has 38 heavy (non-hydrogen) atoms. The molecule has 2 amide bonds. The summed E-state index contributed by atoms with van der Waals surface area (Å²) in [6.07, 6.45) is 2.66. The van der Waals surface area contributed by atoms with E-state index in [1.165, 1.54) is 10.4 Å². The first-order valence-corrected chi connectivity index (χ1v) is 14.6. The summed E-state index contributed by atoms with van der Waals surface area (Å²) in [5.41, 5.74) is 1.92. The predicted octanol–water partition coefficient (Wildman–Crippen LogP) is 3.76. The molecular weight excluding hydrogens is 500 g/mol. The molecule has 0 aromatic heterocycles. The number of amides is 2. The Morgan fingerprint density at radius 2 is 1.63 bits per heavy atom. The molecule has 2 saturated heterocycles. The number of likely N-dealkylation sites (N-methyl/N-ethyl adjacent to an activating group) is 1. The van der Waals surface area contributed by atoms with Crippen LogP contribution < -0.4 is 10.6 Å². The Morgan fingerprint density at radius 1 is 0.947 bits per heavy atom. The van der Waals surface area contributed by atoms with Gasteiger partial charge in [-0.15, -0.1) is 0 Å². The van der Waals surface area contributed by atoms with Crippen molar-refractivity contribution in [1.29, 1.82) is 0 Å². The lowest BCUT2D eigenvalue weighted by molar-refractivity contribution is -0.132. The molecule has 1 unspecified atom stereocenters. The van der Waals surface area contributed by atoms with E-state index in [-0.39, 0.29) is 16.7 Å². The zero-order valence-electron chi connectivity index (χ0n) is 21.8. The first-order valence-electron chi connectivity index (χ1n) is 13.2. The molecule has 5 rings (SSSR count). The van der Waals surface area contributed by atoms with E-state index in [9.17, 15) is 18.0 Å². The third kappa shape index (κ3) is 4.93. The molecule has 2 fully saturated rings. The predicted molar refractivity (Wildman–Crippen MR) is 149 cm³/mol. The maximum absolute atomic E-state index is 14.3. The minimum absolute atomic E-state index is 0.0783. The van der Waals surface area contributed by atoms with Crippen molar-refractivity contribution in [2.45, 2.75) is 49.6 Å². The summed E-state index contributed by atoms with van der Waals surface area (Å²) < 4.78 is 29.8. The topological polar surface area (TPSA) is 98.8 Å². The minimum Gasteiger partial charge on any atom is -0.321 e. The summed E-state index contributed by atoms with van der Waals surface area (Å²) in [7, 11) is -2.30. The number of carbonyl (C=O) groups is 2. The zero-order valence-corrected chi connectivity index (χ0v) is 22.6. The van der Waals surface area contributed by atoms with E-state index in [4.69, 9.17) is 0 Å². The van der Waals surface area contributed by atoms with Gasteiger partial charge in [-0.3, -0.25) is 14.5 Å². The second-order valence-electron chi connectivity index (χ2n) is 10.2. The fraction of sp³-hybridized carbons (Fsp3) is 0.379. The molecule has 0 aliphatic carbocycles. The smallest absolute Gasteiger partial charge is 0.267 e. The Morgan fingerprint density at radius 3 is 2.32 bits per heavy atom. The van der Waals surface area contributed by atoms with Crippen LogP contribution in [0.4, 0.5) is 5.69 Å². The maximum atomic E-state index is 14.3. The number of anilines is 1. The Bertz CT molecular complexity index is 1470. The number of rotatable bonds is 6. The van der Waals surface area contributed by atoms with Crippen LogP contribution >= 0.6 is 0 Å². The van der Waals surface area contributed by atoms with E-state index >= 15 is 0 Å². The highest BCUT2D eigenvalue weighted by atomic mass is 32.2. The van der Waals surface area contributed by atoms with Crippen LogP contribution in [0, 0.1) is 6.92 Å². The van der Waals surface area contributed by atoms with Gasteiger partial charge in [0, 0.05) is 22.0 Å². The molecule has 9 heteroatoms. The summed E-state index contributed by atoms with van der Waals surface area (Å²) in [5, 5.41) is 7.30. The molecule has 0 saturated carbocycles. The molecule has 2 N–H and O–H groups in total. The van der Waals surface area contributed by atoms with Gasteiger partial charge in [0.05, 0.1) is 17.0 Å². The van der Waals surface area contributed by atoms with Gasteiger partial charge in [-0.1, -0.05) is 42.5 Å². The fourth-order valence-corrected chi connectivity index (χ4v) is 7.50. The zero-order chi connectivity index (χ0) is 26.9. The summed E-state index contributed by atoms with van der Waals surface area (Å²) in [5.74, 6) is -0.613. The SMILES string of the molecule is Cc1ccccc1C(=O)Nc1ccc(S(=O)(=O)N(C(=O)C2CCCN2C)C2CCNCC2)c2ccccc12. The number of nitrogens with one attached hydrogen (secondary N) is 2. The molecule has 2 heterocycles. The Balaban J connectivity index is 1.56. The summed E-state index contributed by atoms with van der Waals surface area (Å²) >= 11 is 0. The molecule has 3 aromatic carbocycles. The number of aryl methyl sites for hydroxylation is 1. The van der Waals surface area contributed by atoms with Gasteiger partial charge in [0.1, 0.15) is 0 Å². The van der Waals surface area contributed by atoms with Crippen molar-refractivity contribution < 1.29 is 18.0 Å². The van der Waals surface area contributed by atoms with Crippen LogP contribution in [0.25, 0.3) is 10.8 Å². The Hall–Kier alpha value is -3.27. The van der Waals surface area contributed by atoms with E-state index in [1.54, 1.807) is 30.3 Å². The quantitative estimate of drug-likeness (QED) is 0.500. The maximum Gasteiger partial charge on any atom is 0.267 e. The van der Waals surface area contributed by atoms with Crippen molar-refractivity contribution in [3.8, 4) is 0 Å². The summed E-state index contributed by atoms with van der Waals surface area (Å²) in [6.45, 7) is 3.97. The van der Waals surface area contributed by atoms with E-state index < -0.39 is 22.1 Å². The highest BCUT2D eigenvalue weighted by Crippen LogP contribution is 2.34. The van der Waals surface area contributed by atoms with Crippen molar-refractivity contribution in [2.75, 3.05) is 32.0 Å². The third-order valence-electron chi connectivity index (χ3n) is 7.72. The molecule has 2 aliphatic heterocycles. The molecule has 1 atom stereocenters. The largest absolute Gasteiger partial charge is 0.321 e. The second kappa shape index (κ2) is 10.8. The van der Waals surface area contributed by atoms with Gasteiger partial charge in [-0.05, 0) is 83.1 Å². The molecule has 8 nitrogen and oxygen atoms in total. The van der Waals surface area contributed by atoms with Crippen molar-refractivity contribution >= 4 is 38.3 Å². The Labute approximate surface area is 224 Å². The van der Waals surface area contributed by atoms with E-state index in [0.717, 1.165) is 18.5 Å². The van der Waals surface area contributed by atoms with E-state index in [0.29, 0.717) is 54.4 Å². The number of hydrogen-bond donors (Lipinski definition) is 2. The number of sulfonamides is 1.